The van der Waals surface area contributed by atoms with Crippen molar-refractivity contribution in [3.8, 4) is 0 Å². The molecule has 0 aromatic carbocycles. The van der Waals surface area contributed by atoms with Crippen LogP contribution in [0.1, 0.15) is 36.7 Å². The number of amides is 2. The monoisotopic (exact) mass is 277 g/mol. The minimum absolute atomic E-state index is 0.0288. The van der Waals surface area contributed by atoms with Gasteiger partial charge >= 0.3 is 0 Å². The summed E-state index contributed by atoms with van der Waals surface area (Å²) in [6.07, 6.45) is 5.09. The summed E-state index contributed by atoms with van der Waals surface area (Å²) in [5.74, 6) is 0.358. The van der Waals surface area contributed by atoms with E-state index in [4.69, 9.17) is 0 Å². The molecule has 1 aliphatic heterocycles. The maximum Gasteiger partial charge on any atom is 0.271 e. The zero-order valence-corrected chi connectivity index (χ0v) is 11.5. The second kappa shape index (κ2) is 6.83. The first-order chi connectivity index (χ1) is 9.69. The Balaban J connectivity index is 1.93. The van der Waals surface area contributed by atoms with Crippen molar-refractivity contribution in [1.29, 1.82) is 0 Å². The van der Waals surface area contributed by atoms with Crippen LogP contribution in [0.15, 0.2) is 12.4 Å². The Morgan fingerprint density at radius 1 is 1.50 bits per heavy atom. The van der Waals surface area contributed by atoms with Crippen LogP contribution in [0.3, 0.4) is 0 Å². The van der Waals surface area contributed by atoms with Gasteiger partial charge in [-0.25, -0.2) is 4.98 Å². The Hall–Kier alpha value is -2.18. The summed E-state index contributed by atoms with van der Waals surface area (Å²) in [7, 11) is 0. The second-order valence-corrected chi connectivity index (χ2v) is 4.73. The zero-order valence-electron chi connectivity index (χ0n) is 11.5. The summed E-state index contributed by atoms with van der Waals surface area (Å²) < 4.78 is 0. The Morgan fingerprint density at radius 3 is 3.05 bits per heavy atom. The van der Waals surface area contributed by atoms with Gasteiger partial charge in [-0.1, -0.05) is 6.92 Å². The second-order valence-electron chi connectivity index (χ2n) is 4.73. The molecule has 7 heteroatoms. The highest BCUT2D eigenvalue weighted by Gasteiger charge is 2.20. The van der Waals surface area contributed by atoms with Crippen LogP contribution in [0, 0.1) is 0 Å². The minimum atomic E-state index is -0.265. The lowest BCUT2D eigenvalue weighted by Gasteiger charge is -2.23. The molecule has 7 nitrogen and oxygen atoms in total. The number of aromatic nitrogens is 2. The van der Waals surface area contributed by atoms with Crippen molar-refractivity contribution in [3.63, 3.8) is 0 Å². The fourth-order valence-electron chi connectivity index (χ4n) is 1.93. The van der Waals surface area contributed by atoms with Crippen LogP contribution < -0.4 is 16.0 Å². The topological polar surface area (TPSA) is 96.0 Å². The highest BCUT2D eigenvalue weighted by Crippen LogP contribution is 2.06. The van der Waals surface area contributed by atoms with Gasteiger partial charge < -0.3 is 16.0 Å². The van der Waals surface area contributed by atoms with Gasteiger partial charge in [-0.3, -0.25) is 14.6 Å². The molecule has 2 heterocycles. The van der Waals surface area contributed by atoms with E-state index in [2.05, 4.69) is 25.9 Å². The molecule has 1 unspecified atom stereocenters. The van der Waals surface area contributed by atoms with Crippen molar-refractivity contribution in [2.24, 2.45) is 0 Å². The molecule has 0 spiro atoms. The summed E-state index contributed by atoms with van der Waals surface area (Å²) in [5, 5.41) is 8.67. The minimum Gasteiger partial charge on any atom is -0.369 e. The molecule has 1 aromatic rings. The Labute approximate surface area is 117 Å². The summed E-state index contributed by atoms with van der Waals surface area (Å²) in [6, 6.07) is -0.0470. The molecule has 108 valence electrons. The third-order valence-corrected chi connectivity index (χ3v) is 3.02. The number of hydrogen-bond acceptors (Lipinski definition) is 5. The van der Waals surface area contributed by atoms with Gasteiger partial charge in [0.25, 0.3) is 5.91 Å². The number of nitrogens with zero attached hydrogens (tertiary/aromatic N) is 2. The van der Waals surface area contributed by atoms with Crippen molar-refractivity contribution in [2.75, 3.05) is 18.4 Å². The quantitative estimate of drug-likeness (QED) is 0.719. The van der Waals surface area contributed by atoms with Crippen LogP contribution in [0.25, 0.3) is 0 Å². The van der Waals surface area contributed by atoms with E-state index in [1.54, 1.807) is 6.20 Å². The van der Waals surface area contributed by atoms with Crippen LogP contribution in [-0.2, 0) is 4.79 Å². The van der Waals surface area contributed by atoms with Crippen LogP contribution in [-0.4, -0.2) is 40.9 Å². The fraction of sp³-hybridized carbons (Fsp3) is 0.538. The van der Waals surface area contributed by atoms with Crippen molar-refractivity contribution >= 4 is 17.6 Å². The van der Waals surface area contributed by atoms with Gasteiger partial charge in [0, 0.05) is 25.6 Å². The van der Waals surface area contributed by atoms with E-state index >= 15 is 0 Å². The molecule has 2 amide bonds. The lowest BCUT2D eigenvalue weighted by molar-refractivity contribution is -0.122. The first-order valence-electron chi connectivity index (χ1n) is 6.82. The highest BCUT2D eigenvalue weighted by atomic mass is 16.2. The van der Waals surface area contributed by atoms with E-state index in [1.807, 2.05) is 6.92 Å². The molecule has 20 heavy (non-hydrogen) atoms. The molecule has 0 saturated carbocycles. The van der Waals surface area contributed by atoms with E-state index in [9.17, 15) is 9.59 Å². The van der Waals surface area contributed by atoms with E-state index in [1.165, 1.54) is 6.20 Å². The fourth-order valence-corrected chi connectivity index (χ4v) is 1.93. The van der Waals surface area contributed by atoms with Gasteiger partial charge in [0.2, 0.25) is 5.91 Å². The zero-order chi connectivity index (χ0) is 14.4. The number of carbonyl (C=O) groups excluding carboxylic acids is 2. The van der Waals surface area contributed by atoms with Gasteiger partial charge in [-0.15, -0.1) is 0 Å². The first-order valence-corrected chi connectivity index (χ1v) is 6.82. The van der Waals surface area contributed by atoms with E-state index in [-0.39, 0.29) is 23.6 Å². The third-order valence-electron chi connectivity index (χ3n) is 3.02. The Kier molecular flexibility index (Phi) is 4.86. The molecule has 1 fully saturated rings. The summed E-state index contributed by atoms with van der Waals surface area (Å²) in [6.45, 7) is 3.30. The number of piperidine rings is 1. The lowest BCUT2D eigenvalue weighted by atomic mass is 10.1. The molecule has 1 aliphatic rings. The molecule has 2 rings (SSSR count). The normalized spacial score (nSPS) is 18.2. The maximum atomic E-state index is 12.1. The number of anilines is 1. The van der Waals surface area contributed by atoms with Gasteiger partial charge in [0.15, 0.2) is 0 Å². The van der Waals surface area contributed by atoms with Crippen molar-refractivity contribution in [3.05, 3.63) is 18.1 Å². The van der Waals surface area contributed by atoms with Crippen molar-refractivity contribution in [1.82, 2.24) is 20.6 Å². The average Bonchev–Trinajstić information content (AvgIpc) is 2.48. The Morgan fingerprint density at radius 2 is 2.35 bits per heavy atom. The molecule has 1 aromatic heterocycles. The average molecular weight is 277 g/mol. The van der Waals surface area contributed by atoms with Crippen LogP contribution in [0.5, 0.6) is 0 Å². The first kappa shape index (κ1) is 14.2. The maximum absolute atomic E-state index is 12.1. The third kappa shape index (κ3) is 3.91. The van der Waals surface area contributed by atoms with Crippen LogP contribution in [0.4, 0.5) is 5.82 Å². The Bertz CT molecular complexity index is 481. The summed E-state index contributed by atoms with van der Waals surface area (Å²) in [5.41, 5.74) is 0.281. The van der Waals surface area contributed by atoms with Gasteiger partial charge in [-0.05, 0) is 12.8 Å². The predicted octanol–water partition coefficient (Wildman–Crippen LogP) is 0.307. The van der Waals surface area contributed by atoms with E-state index in [0.29, 0.717) is 25.2 Å². The molecule has 0 aliphatic carbocycles. The summed E-state index contributed by atoms with van der Waals surface area (Å²) >= 11 is 0. The van der Waals surface area contributed by atoms with Gasteiger partial charge in [0.05, 0.1) is 12.4 Å². The van der Waals surface area contributed by atoms with E-state index in [0.717, 1.165) is 13.0 Å². The van der Waals surface area contributed by atoms with Crippen LogP contribution >= 0.6 is 0 Å². The molecule has 1 atom stereocenters. The number of hydrogen-bond donors (Lipinski definition) is 3. The summed E-state index contributed by atoms with van der Waals surface area (Å²) in [4.78, 5) is 31.3. The smallest absolute Gasteiger partial charge is 0.271 e. The molecule has 0 bridgehead atoms. The van der Waals surface area contributed by atoms with Crippen LogP contribution in [0.2, 0.25) is 0 Å². The standard InChI is InChI=1S/C13H19N5O2/c1-2-5-15-11-8-14-7-10(18-11)13(20)17-9-3-4-12(19)16-6-9/h7-9H,2-6H2,1H3,(H,15,18)(H,16,19)(H,17,20). The highest BCUT2D eigenvalue weighted by molar-refractivity contribution is 5.92. The lowest BCUT2D eigenvalue weighted by Crippen LogP contribution is -2.47. The number of carbonyl (C=O) groups is 2. The molecule has 1 saturated heterocycles. The van der Waals surface area contributed by atoms with Crippen molar-refractivity contribution < 1.29 is 9.59 Å². The largest absolute Gasteiger partial charge is 0.369 e. The molecule has 0 radical (unpaired) electrons. The molecule has 3 N–H and O–H groups in total. The van der Waals surface area contributed by atoms with Gasteiger partial charge in [-0.2, -0.15) is 0 Å². The molecular weight excluding hydrogens is 258 g/mol. The predicted molar refractivity (Wildman–Crippen MR) is 74.3 cm³/mol. The number of rotatable bonds is 5. The molecular formula is C13H19N5O2. The SMILES string of the molecule is CCCNc1cncc(C(=O)NC2CCC(=O)NC2)n1. The van der Waals surface area contributed by atoms with Gasteiger partial charge in [0.1, 0.15) is 11.5 Å². The van der Waals surface area contributed by atoms with Crippen molar-refractivity contribution in [2.45, 2.75) is 32.2 Å². The van der Waals surface area contributed by atoms with E-state index < -0.39 is 0 Å². The number of nitrogens with one attached hydrogen (secondary N) is 3.